The van der Waals surface area contributed by atoms with Gasteiger partial charge in [0.1, 0.15) is 0 Å². The quantitative estimate of drug-likeness (QED) is 0.890. The van der Waals surface area contributed by atoms with E-state index in [-0.39, 0.29) is 11.5 Å². The zero-order valence-corrected chi connectivity index (χ0v) is 16.5. The lowest BCUT2D eigenvalue weighted by atomic mass is 9.87. The second-order valence-corrected chi connectivity index (χ2v) is 9.57. The molecule has 0 unspecified atom stereocenters. The zero-order valence-electron chi connectivity index (χ0n) is 15.7. The third-order valence-corrected chi connectivity index (χ3v) is 6.18. The van der Waals surface area contributed by atoms with Crippen LogP contribution in [0.15, 0.2) is 41.3 Å². The first-order chi connectivity index (χ1) is 12.1. The summed E-state index contributed by atoms with van der Waals surface area (Å²) < 4.78 is 28.2. The average molecular weight is 375 g/mol. The molecule has 1 aliphatic heterocycles. The van der Waals surface area contributed by atoms with Gasteiger partial charge in [-0.15, -0.1) is 5.10 Å². The first-order valence-corrected chi connectivity index (χ1v) is 10.3. The van der Waals surface area contributed by atoms with Crippen molar-refractivity contribution in [2.45, 2.75) is 50.5 Å². The number of benzene rings is 1. The number of hydrogen-bond acceptors (Lipinski definition) is 5. The van der Waals surface area contributed by atoms with Crippen molar-refractivity contribution in [3.63, 3.8) is 0 Å². The summed E-state index contributed by atoms with van der Waals surface area (Å²) in [5.74, 6) is 0.784. The highest BCUT2D eigenvalue weighted by molar-refractivity contribution is 7.89. The predicted octanol–water partition coefficient (Wildman–Crippen LogP) is 2.64. The van der Waals surface area contributed by atoms with Gasteiger partial charge in [-0.3, -0.25) is 0 Å². The fourth-order valence-corrected chi connectivity index (χ4v) is 4.31. The fourth-order valence-electron chi connectivity index (χ4n) is 3.05. The Kier molecular flexibility index (Phi) is 5.03. The molecule has 6 nitrogen and oxygen atoms in total. The first-order valence-electron chi connectivity index (χ1n) is 8.83. The summed E-state index contributed by atoms with van der Waals surface area (Å²) in [5, 5.41) is 8.25. The summed E-state index contributed by atoms with van der Waals surface area (Å²) in [4.78, 5) is 2.36. The van der Waals surface area contributed by atoms with Crippen molar-refractivity contribution >= 4 is 15.8 Å². The summed E-state index contributed by atoms with van der Waals surface area (Å²) in [6.45, 7) is 9.56. The van der Waals surface area contributed by atoms with Crippen LogP contribution in [0.3, 0.4) is 0 Å². The molecule has 3 rings (SSSR count). The molecular formula is C19H26N4O2S. The van der Waals surface area contributed by atoms with E-state index < -0.39 is 10.0 Å². The van der Waals surface area contributed by atoms with Gasteiger partial charge in [0.2, 0.25) is 10.0 Å². The van der Waals surface area contributed by atoms with Crippen LogP contribution in [-0.4, -0.2) is 37.7 Å². The van der Waals surface area contributed by atoms with Gasteiger partial charge < -0.3 is 4.90 Å². The molecule has 0 radical (unpaired) electrons. The Hall–Kier alpha value is -1.99. The van der Waals surface area contributed by atoms with Gasteiger partial charge in [0.25, 0.3) is 0 Å². The minimum absolute atomic E-state index is 0.00323. The smallest absolute Gasteiger partial charge is 0.240 e. The summed E-state index contributed by atoms with van der Waals surface area (Å²) in [6.07, 6.45) is 0.745. The van der Waals surface area contributed by atoms with Crippen LogP contribution in [-0.2, 0) is 15.4 Å². The topological polar surface area (TPSA) is 75.2 Å². The Balaban J connectivity index is 1.67. The number of aromatic nitrogens is 2. The van der Waals surface area contributed by atoms with Gasteiger partial charge in [0, 0.05) is 19.1 Å². The number of rotatable bonds is 4. The number of aryl methyl sites for hydroxylation is 1. The van der Waals surface area contributed by atoms with E-state index in [0.29, 0.717) is 11.4 Å². The molecule has 0 saturated carbocycles. The molecule has 0 bridgehead atoms. The highest BCUT2D eigenvalue weighted by Gasteiger charge is 2.28. The van der Waals surface area contributed by atoms with Gasteiger partial charge in [-0.05, 0) is 48.6 Å². The van der Waals surface area contributed by atoms with Gasteiger partial charge in [0.05, 0.1) is 10.6 Å². The predicted molar refractivity (Wildman–Crippen MR) is 103 cm³/mol. The molecule has 0 aliphatic carbocycles. The van der Waals surface area contributed by atoms with Crippen LogP contribution in [0, 0.1) is 6.92 Å². The molecule has 1 aromatic heterocycles. The molecule has 26 heavy (non-hydrogen) atoms. The Labute approximate surface area is 155 Å². The first kappa shape index (κ1) is 18.8. The maximum atomic E-state index is 12.7. The summed E-state index contributed by atoms with van der Waals surface area (Å²) >= 11 is 0. The third kappa shape index (κ3) is 4.22. The Morgan fingerprint density at radius 2 is 1.77 bits per heavy atom. The van der Waals surface area contributed by atoms with Gasteiger partial charge in [-0.2, -0.15) is 5.10 Å². The molecular weight excluding hydrogens is 348 g/mol. The highest BCUT2D eigenvalue weighted by atomic mass is 32.2. The number of nitrogens with zero attached hydrogens (tertiary/aromatic N) is 3. The van der Waals surface area contributed by atoms with E-state index in [0.717, 1.165) is 30.0 Å². The SMILES string of the molecule is Cc1ccc(N2CC[C@H](NS(=O)(=O)c3ccc(C(C)(C)C)cc3)C2)nn1. The molecule has 1 saturated heterocycles. The van der Waals surface area contributed by atoms with Crippen LogP contribution < -0.4 is 9.62 Å². The van der Waals surface area contributed by atoms with E-state index in [2.05, 4.69) is 40.6 Å². The lowest BCUT2D eigenvalue weighted by Gasteiger charge is -2.20. The van der Waals surface area contributed by atoms with Crippen LogP contribution in [0.2, 0.25) is 0 Å². The van der Waals surface area contributed by atoms with Crippen molar-refractivity contribution in [2.24, 2.45) is 0 Å². The van der Waals surface area contributed by atoms with Gasteiger partial charge in [-0.25, -0.2) is 13.1 Å². The Morgan fingerprint density at radius 1 is 1.08 bits per heavy atom. The molecule has 0 spiro atoms. The molecule has 1 N–H and O–H groups in total. The van der Waals surface area contributed by atoms with Crippen molar-refractivity contribution in [3.05, 3.63) is 47.7 Å². The number of anilines is 1. The minimum atomic E-state index is -3.53. The van der Waals surface area contributed by atoms with Crippen molar-refractivity contribution in [3.8, 4) is 0 Å². The van der Waals surface area contributed by atoms with Crippen LogP contribution >= 0.6 is 0 Å². The molecule has 1 aromatic carbocycles. The van der Waals surface area contributed by atoms with E-state index in [4.69, 9.17) is 0 Å². The third-order valence-electron chi connectivity index (χ3n) is 4.65. The van der Waals surface area contributed by atoms with Crippen LogP contribution in [0.25, 0.3) is 0 Å². The van der Waals surface area contributed by atoms with E-state index >= 15 is 0 Å². The fraction of sp³-hybridized carbons (Fsp3) is 0.474. The Bertz CT molecular complexity index is 856. The molecule has 1 atom stereocenters. The number of sulfonamides is 1. The lowest BCUT2D eigenvalue weighted by molar-refractivity contribution is 0.560. The molecule has 2 aromatic rings. The standard InChI is InChI=1S/C19H26N4O2S/c1-14-5-10-18(21-20-14)23-12-11-16(13-23)22-26(24,25)17-8-6-15(7-9-17)19(2,3)4/h5-10,16,22H,11-13H2,1-4H3/t16-/m0/s1. The maximum Gasteiger partial charge on any atom is 0.240 e. The van der Waals surface area contributed by atoms with Crippen LogP contribution in [0.1, 0.15) is 38.4 Å². The largest absolute Gasteiger partial charge is 0.353 e. The van der Waals surface area contributed by atoms with Crippen LogP contribution in [0.4, 0.5) is 5.82 Å². The summed E-state index contributed by atoms with van der Waals surface area (Å²) in [7, 11) is -3.53. The van der Waals surface area contributed by atoms with E-state index in [1.54, 1.807) is 12.1 Å². The minimum Gasteiger partial charge on any atom is -0.353 e. The van der Waals surface area contributed by atoms with E-state index in [9.17, 15) is 8.42 Å². The summed E-state index contributed by atoms with van der Waals surface area (Å²) in [6, 6.07) is 10.8. The van der Waals surface area contributed by atoms with Gasteiger partial charge in [0.15, 0.2) is 5.82 Å². The second kappa shape index (κ2) is 6.96. The molecule has 1 fully saturated rings. The van der Waals surface area contributed by atoms with E-state index in [1.807, 2.05) is 31.2 Å². The zero-order chi connectivity index (χ0) is 18.9. The van der Waals surface area contributed by atoms with E-state index in [1.165, 1.54) is 0 Å². The highest BCUT2D eigenvalue weighted by Crippen LogP contribution is 2.24. The monoisotopic (exact) mass is 374 g/mol. The summed E-state index contributed by atoms with van der Waals surface area (Å²) in [5.41, 5.74) is 1.97. The van der Waals surface area contributed by atoms with Crippen molar-refractivity contribution in [1.82, 2.24) is 14.9 Å². The molecule has 0 amide bonds. The van der Waals surface area contributed by atoms with Crippen LogP contribution in [0.5, 0.6) is 0 Å². The average Bonchev–Trinajstić information content (AvgIpc) is 3.02. The molecule has 1 aliphatic rings. The maximum absolute atomic E-state index is 12.7. The van der Waals surface area contributed by atoms with Gasteiger partial charge in [-0.1, -0.05) is 32.9 Å². The lowest BCUT2D eigenvalue weighted by Crippen LogP contribution is -2.37. The second-order valence-electron chi connectivity index (χ2n) is 7.86. The normalized spacial score (nSPS) is 18.3. The molecule has 7 heteroatoms. The number of hydrogen-bond donors (Lipinski definition) is 1. The number of nitrogens with one attached hydrogen (secondary N) is 1. The molecule has 140 valence electrons. The van der Waals surface area contributed by atoms with Crippen molar-refractivity contribution in [1.29, 1.82) is 0 Å². The van der Waals surface area contributed by atoms with Crippen molar-refractivity contribution < 1.29 is 8.42 Å². The van der Waals surface area contributed by atoms with Gasteiger partial charge >= 0.3 is 0 Å². The Morgan fingerprint density at radius 3 is 2.35 bits per heavy atom. The van der Waals surface area contributed by atoms with Crippen molar-refractivity contribution in [2.75, 3.05) is 18.0 Å². The molecule has 2 heterocycles.